The fourth-order valence-electron chi connectivity index (χ4n) is 3.99. The first-order chi connectivity index (χ1) is 14.0. The number of aromatic nitrogens is 1. The van der Waals surface area contributed by atoms with Gasteiger partial charge in [-0.2, -0.15) is 0 Å². The molecule has 0 bridgehead atoms. The third kappa shape index (κ3) is 3.65. The molecule has 27 heavy (non-hydrogen) atoms. The lowest BCUT2D eigenvalue weighted by molar-refractivity contribution is -0.659. The van der Waals surface area contributed by atoms with E-state index in [1.54, 1.807) is 0 Å². The van der Waals surface area contributed by atoms with Gasteiger partial charge in [-0.3, -0.25) is 0 Å². The lowest BCUT2D eigenvalue weighted by atomic mass is 9.89. The van der Waals surface area contributed by atoms with E-state index in [1.165, 1.54) is 5.56 Å². The van der Waals surface area contributed by atoms with Crippen molar-refractivity contribution < 1.29 is 8.68 Å². The Morgan fingerprint density at radius 1 is 1.04 bits per heavy atom. The molecule has 0 saturated heterocycles. The Labute approximate surface area is 169 Å². The summed E-state index contributed by atoms with van der Waals surface area (Å²) in [5.74, 6) is -0.236. The zero-order valence-electron chi connectivity index (χ0n) is 20.8. The van der Waals surface area contributed by atoms with Gasteiger partial charge in [0.05, 0.1) is 12.3 Å². The first kappa shape index (κ1) is 15.9. The molecule has 0 fully saturated rings. The van der Waals surface area contributed by atoms with Crippen LogP contribution in [0.5, 0.6) is 0 Å². The molecule has 2 aromatic carbocycles. The maximum absolute atomic E-state index is 8.64. The number of hydrogen-bond donors (Lipinski definition) is 0. The van der Waals surface area contributed by atoms with Crippen LogP contribution < -0.4 is 4.57 Å². The molecule has 0 unspecified atom stereocenters. The molecule has 3 rings (SSSR count). The lowest BCUT2D eigenvalue weighted by Gasteiger charge is -2.16. The van der Waals surface area contributed by atoms with Crippen molar-refractivity contribution in [2.75, 3.05) is 0 Å². The summed E-state index contributed by atoms with van der Waals surface area (Å²) < 4.78 is 27.6. The van der Waals surface area contributed by atoms with Crippen molar-refractivity contribution in [2.45, 2.75) is 66.2 Å². The van der Waals surface area contributed by atoms with E-state index >= 15 is 0 Å². The van der Waals surface area contributed by atoms with Gasteiger partial charge in [-0.05, 0) is 78.3 Å². The molecular formula is C26H34N+. The van der Waals surface area contributed by atoms with Gasteiger partial charge in [0.25, 0.3) is 0 Å². The molecule has 1 nitrogen and oxygen atoms in total. The van der Waals surface area contributed by atoms with Gasteiger partial charge in [-0.25, -0.2) is 4.57 Å². The van der Waals surface area contributed by atoms with Gasteiger partial charge in [0.15, 0.2) is 6.17 Å². The van der Waals surface area contributed by atoms with Crippen LogP contribution in [0.25, 0.3) is 22.0 Å². The minimum atomic E-state index is -0.705. The first-order valence-electron chi connectivity index (χ1n) is 11.6. The number of aryl methyl sites for hydroxylation is 1. The van der Waals surface area contributed by atoms with Crippen molar-refractivity contribution >= 4 is 10.8 Å². The Balaban J connectivity index is 2.41. The SMILES string of the molecule is [2H]c1c([2H])[n+](C)c(-c2cc(C([2H])(C)C)cc(C)c2C)c2ccc(C(CC)CC)cc12. The van der Waals surface area contributed by atoms with E-state index in [0.29, 0.717) is 5.92 Å². The minimum absolute atomic E-state index is 0.215. The standard InChI is InChI=1S/C26H34N/c1-8-20(9-2)21-10-11-24-22(15-21)12-13-27(7)26(24)25-16-23(17(3)4)14-18(5)19(25)6/h10-17,20H,8-9H2,1-7H3/q+1/i12D,13D,17D. The molecule has 0 radical (unpaired) electrons. The molecule has 0 aliphatic carbocycles. The molecule has 0 aliphatic rings. The fourth-order valence-corrected chi connectivity index (χ4v) is 3.99. The molecular weight excluding hydrogens is 326 g/mol. The highest BCUT2D eigenvalue weighted by molar-refractivity contribution is 5.94. The quantitative estimate of drug-likeness (QED) is 0.431. The number of hydrogen-bond acceptors (Lipinski definition) is 0. The van der Waals surface area contributed by atoms with Gasteiger partial charge in [-0.1, -0.05) is 45.9 Å². The Morgan fingerprint density at radius 3 is 2.37 bits per heavy atom. The zero-order valence-corrected chi connectivity index (χ0v) is 17.8. The van der Waals surface area contributed by atoms with E-state index < -0.39 is 5.89 Å². The molecule has 0 spiro atoms. The van der Waals surface area contributed by atoms with Crippen molar-refractivity contribution in [3.63, 3.8) is 0 Å². The van der Waals surface area contributed by atoms with Crippen LogP contribution >= 0.6 is 0 Å². The average Bonchev–Trinajstić information content (AvgIpc) is 2.69. The Morgan fingerprint density at radius 2 is 1.74 bits per heavy atom. The van der Waals surface area contributed by atoms with E-state index in [-0.39, 0.29) is 12.2 Å². The van der Waals surface area contributed by atoms with Gasteiger partial charge in [0.1, 0.15) is 8.42 Å². The van der Waals surface area contributed by atoms with Crippen LogP contribution in [0.1, 0.15) is 78.7 Å². The van der Waals surface area contributed by atoms with Crippen LogP contribution in [0.4, 0.5) is 0 Å². The summed E-state index contributed by atoms with van der Waals surface area (Å²) in [5, 5.41) is 1.83. The third-order valence-corrected chi connectivity index (χ3v) is 5.95. The first-order valence-corrected chi connectivity index (χ1v) is 10.1. The van der Waals surface area contributed by atoms with Crippen LogP contribution in [0.3, 0.4) is 0 Å². The van der Waals surface area contributed by atoms with Crippen molar-refractivity contribution in [1.82, 2.24) is 0 Å². The van der Waals surface area contributed by atoms with E-state index in [0.717, 1.165) is 51.6 Å². The second-order valence-corrected chi connectivity index (χ2v) is 7.93. The topological polar surface area (TPSA) is 3.88 Å². The molecule has 0 aliphatic heterocycles. The summed E-state index contributed by atoms with van der Waals surface area (Å²) in [5.41, 5.74) is 6.50. The Hall–Kier alpha value is -2.15. The smallest absolute Gasteiger partial charge is 0.200 e. The third-order valence-electron chi connectivity index (χ3n) is 5.95. The largest absolute Gasteiger partial charge is 0.220 e. The second-order valence-electron chi connectivity index (χ2n) is 7.93. The Kier molecular flexibility index (Phi) is 4.61. The minimum Gasteiger partial charge on any atom is -0.200 e. The molecule has 0 N–H and O–H groups in total. The summed E-state index contributed by atoms with van der Waals surface area (Å²) in [6, 6.07) is 10.9. The van der Waals surface area contributed by atoms with Crippen LogP contribution in [-0.2, 0) is 7.05 Å². The van der Waals surface area contributed by atoms with Gasteiger partial charge < -0.3 is 0 Å². The predicted octanol–water partition coefficient (Wildman–Crippen LogP) is 6.98. The maximum atomic E-state index is 8.64. The molecule has 142 valence electrons. The highest BCUT2D eigenvalue weighted by Crippen LogP contribution is 2.34. The maximum Gasteiger partial charge on any atom is 0.220 e. The zero-order chi connectivity index (χ0) is 22.4. The predicted molar refractivity (Wildman–Crippen MR) is 117 cm³/mol. The summed E-state index contributed by atoms with van der Waals surface area (Å²) in [6.07, 6.45) is 2.34. The Bertz CT molecular complexity index is 1110. The number of fused-ring (bicyclic) bond motifs is 1. The summed E-state index contributed by atoms with van der Waals surface area (Å²) >= 11 is 0. The second kappa shape index (κ2) is 7.84. The molecule has 0 saturated carbocycles. The van der Waals surface area contributed by atoms with Gasteiger partial charge in [0, 0.05) is 7.41 Å². The van der Waals surface area contributed by atoms with E-state index in [4.69, 9.17) is 4.11 Å². The lowest BCUT2D eigenvalue weighted by Crippen LogP contribution is -2.31. The highest BCUT2D eigenvalue weighted by Gasteiger charge is 2.20. The van der Waals surface area contributed by atoms with Crippen LogP contribution in [0, 0.1) is 13.8 Å². The fraction of sp³-hybridized carbons (Fsp3) is 0.423. The average molecular weight is 364 g/mol. The summed E-state index contributed by atoms with van der Waals surface area (Å²) in [4.78, 5) is 0. The van der Waals surface area contributed by atoms with Crippen molar-refractivity contribution in [3.05, 3.63) is 64.8 Å². The van der Waals surface area contributed by atoms with Gasteiger partial charge in [0.2, 0.25) is 5.69 Å². The molecule has 1 aromatic heterocycles. The number of pyridine rings is 1. The highest BCUT2D eigenvalue weighted by atomic mass is 14.9. The molecule has 0 atom stereocenters. The summed E-state index contributed by atoms with van der Waals surface area (Å²) in [7, 11) is 1.87. The summed E-state index contributed by atoms with van der Waals surface area (Å²) in [6.45, 7) is 12.4. The number of benzene rings is 2. The van der Waals surface area contributed by atoms with E-state index in [2.05, 4.69) is 58.0 Å². The van der Waals surface area contributed by atoms with E-state index in [1.807, 2.05) is 25.5 Å². The monoisotopic (exact) mass is 363 g/mol. The van der Waals surface area contributed by atoms with Crippen molar-refractivity contribution in [2.24, 2.45) is 7.05 Å². The number of rotatable bonds is 5. The van der Waals surface area contributed by atoms with Crippen LogP contribution in [0.2, 0.25) is 0 Å². The van der Waals surface area contributed by atoms with Crippen molar-refractivity contribution in [3.8, 4) is 11.3 Å². The number of nitrogens with zero attached hydrogens (tertiary/aromatic N) is 1. The molecule has 3 aromatic rings. The van der Waals surface area contributed by atoms with Gasteiger partial charge >= 0.3 is 0 Å². The van der Waals surface area contributed by atoms with Crippen LogP contribution in [0.15, 0.2) is 42.5 Å². The van der Waals surface area contributed by atoms with Gasteiger partial charge in [-0.15, -0.1) is 0 Å². The molecule has 0 amide bonds. The normalized spacial score (nSPS) is 13.7. The van der Waals surface area contributed by atoms with Crippen molar-refractivity contribution in [1.29, 1.82) is 0 Å². The van der Waals surface area contributed by atoms with Crippen LogP contribution in [-0.4, -0.2) is 0 Å². The molecule has 1 heterocycles. The van der Waals surface area contributed by atoms with E-state index in [9.17, 15) is 0 Å². The molecule has 1 heteroatoms.